The van der Waals surface area contributed by atoms with Crippen LogP contribution in [-0.4, -0.2) is 16.9 Å². The van der Waals surface area contributed by atoms with Crippen LogP contribution in [0.2, 0.25) is 0 Å². The Hall–Kier alpha value is -2.21. The van der Waals surface area contributed by atoms with E-state index in [0.717, 1.165) is 4.70 Å². The molecule has 0 radical (unpaired) electrons. The van der Waals surface area contributed by atoms with E-state index in [0.29, 0.717) is 16.1 Å². The average molecular weight is 377 g/mol. The Morgan fingerprint density at radius 3 is 2.35 bits per heavy atom. The predicted octanol–water partition coefficient (Wildman–Crippen LogP) is 6.17. The number of hydrogen-bond acceptors (Lipinski definition) is 3. The maximum Gasteiger partial charge on any atom is 0.390 e. The molecule has 3 rings (SSSR count). The lowest BCUT2D eigenvalue weighted by Gasteiger charge is -2.28. The van der Waals surface area contributed by atoms with Crippen molar-refractivity contribution in [3.05, 3.63) is 65.2 Å². The molecule has 0 spiro atoms. The third-order valence-corrected chi connectivity index (χ3v) is 5.74. The van der Waals surface area contributed by atoms with Gasteiger partial charge < -0.3 is 0 Å². The first-order valence-electron chi connectivity index (χ1n) is 8.28. The molecule has 3 aromatic rings. The van der Waals surface area contributed by atoms with E-state index < -0.39 is 18.0 Å². The first kappa shape index (κ1) is 18.6. The number of para-hydroxylation sites is 1. The molecule has 0 aliphatic carbocycles. The summed E-state index contributed by atoms with van der Waals surface area (Å²) >= 11 is 1.27. The van der Waals surface area contributed by atoms with E-state index in [4.69, 9.17) is 0 Å². The van der Waals surface area contributed by atoms with Crippen LogP contribution in [-0.2, 0) is 5.41 Å². The van der Waals surface area contributed by atoms with Gasteiger partial charge in [0.15, 0.2) is 5.78 Å². The van der Waals surface area contributed by atoms with Crippen LogP contribution in [0, 0.1) is 0 Å². The summed E-state index contributed by atoms with van der Waals surface area (Å²) in [5.74, 6) is -0.153. The van der Waals surface area contributed by atoms with E-state index in [2.05, 4.69) is 4.98 Å². The van der Waals surface area contributed by atoms with Gasteiger partial charge in [-0.05, 0) is 18.6 Å². The maximum absolute atomic E-state index is 13.2. The van der Waals surface area contributed by atoms with Gasteiger partial charge >= 0.3 is 6.18 Å². The van der Waals surface area contributed by atoms with Crippen molar-refractivity contribution in [2.75, 3.05) is 0 Å². The molecule has 6 heteroatoms. The second kappa shape index (κ2) is 7.19. The van der Waals surface area contributed by atoms with Crippen LogP contribution < -0.4 is 0 Å². The van der Waals surface area contributed by atoms with Crippen LogP contribution in [0.3, 0.4) is 0 Å². The molecular weight excluding hydrogens is 359 g/mol. The van der Waals surface area contributed by atoms with Gasteiger partial charge in [0.2, 0.25) is 0 Å². The fourth-order valence-corrected chi connectivity index (χ4v) is 4.14. The third-order valence-electron chi connectivity index (χ3n) is 4.40. The van der Waals surface area contributed by atoms with Gasteiger partial charge in [-0.2, -0.15) is 13.2 Å². The highest BCUT2D eigenvalue weighted by Gasteiger charge is 2.42. The van der Waals surface area contributed by atoms with E-state index >= 15 is 0 Å². The molecule has 0 saturated heterocycles. The molecule has 0 aliphatic heterocycles. The minimum absolute atomic E-state index is 0.0481. The Morgan fingerprint density at radius 2 is 1.69 bits per heavy atom. The largest absolute Gasteiger partial charge is 0.390 e. The van der Waals surface area contributed by atoms with Gasteiger partial charge in [0.25, 0.3) is 0 Å². The van der Waals surface area contributed by atoms with Crippen molar-refractivity contribution in [1.82, 2.24) is 4.98 Å². The number of ketones is 1. The molecule has 0 saturated carbocycles. The van der Waals surface area contributed by atoms with Crippen LogP contribution in [0.25, 0.3) is 10.2 Å². The fourth-order valence-electron chi connectivity index (χ4n) is 3.00. The summed E-state index contributed by atoms with van der Waals surface area (Å²) in [6, 6.07) is 15.9. The highest BCUT2D eigenvalue weighted by Crippen LogP contribution is 2.42. The molecule has 1 atom stereocenters. The van der Waals surface area contributed by atoms with Gasteiger partial charge in [-0.1, -0.05) is 49.4 Å². The molecule has 0 aliphatic rings. The van der Waals surface area contributed by atoms with Gasteiger partial charge in [0, 0.05) is 17.4 Å². The molecule has 0 fully saturated rings. The van der Waals surface area contributed by atoms with E-state index in [1.807, 2.05) is 18.2 Å². The number of hydrogen-bond donors (Lipinski definition) is 0. The first-order valence-corrected chi connectivity index (χ1v) is 9.10. The molecule has 0 N–H and O–H groups in total. The number of thiazole rings is 1. The summed E-state index contributed by atoms with van der Waals surface area (Å²) in [6.45, 7) is 1.55. The zero-order valence-corrected chi connectivity index (χ0v) is 15.0. The van der Waals surface area contributed by atoms with E-state index in [1.54, 1.807) is 43.3 Å². The molecule has 0 bridgehead atoms. The van der Waals surface area contributed by atoms with Gasteiger partial charge in [0.05, 0.1) is 16.6 Å². The number of Topliss-reactive ketones (excluding diaryl/α,β-unsaturated/α-hetero) is 1. The first-order chi connectivity index (χ1) is 12.3. The number of aromatic nitrogens is 1. The summed E-state index contributed by atoms with van der Waals surface area (Å²) < 4.78 is 40.5. The van der Waals surface area contributed by atoms with Crippen LogP contribution in [0.4, 0.5) is 13.2 Å². The lowest BCUT2D eigenvalue weighted by molar-refractivity contribution is -0.147. The number of nitrogens with zero attached hydrogens (tertiary/aromatic N) is 1. The smallest absolute Gasteiger partial charge is 0.294 e. The number of benzene rings is 2. The second-order valence-electron chi connectivity index (χ2n) is 6.63. The Balaban J connectivity index is 1.87. The van der Waals surface area contributed by atoms with Crippen LogP contribution in [0.15, 0.2) is 54.6 Å². The molecule has 0 unspecified atom stereocenters. The molecule has 2 nitrogen and oxygen atoms in total. The second-order valence-corrected chi connectivity index (χ2v) is 7.66. The minimum Gasteiger partial charge on any atom is -0.294 e. The number of fused-ring (bicyclic) bond motifs is 1. The summed E-state index contributed by atoms with van der Waals surface area (Å²) in [6.07, 6.45) is -5.18. The van der Waals surface area contributed by atoms with Gasteiger partial charge in [0.1, 0.15) is 5.01 Å². The molecule has 136 valence electrons. The topological polar surface area (TPSA) is 30.0 Å². The van der Waals surface area contributed by atoms with E-state index in [-0.39, 0.29) is 18.6 Å². The van der Waals surface area contributed by atoms with Crippen molar-refractivity contribution in [2.24, 2.45) is 0 Å². The molecule has 26 heavy (non-hydrogen) atoms. The highest BCUT2D eigenvalue weighted by molar-refractivity contribution is 7.18. The summed E-state index contributed by atoms with van der Waals surface area (Å²) in [7, 11) is 0. The summed E-state index contributed by atoms with van der Waals surface area (Å²) in [5.41, 5.74) is -0.0201. The summed E-state index contributed by atoms with van der Waals surface area (Å²) in [4.78, 5) is 16.8. The summed E-state index contributed by atoms with van der Waals surface area (Å²) in [5, 5.41) is 0.428. The lowest BCUT2D eigenvalue weighted by atomic mass is 9.81. The number of halogens is 3. The Bertz CT molecular complexity index is 871. The molecular formula is C20H18F3NOS. The van der Waals surface area contributed by atoms with Crippen molar-refractivity contribution in [2.45, 2.75) is 37.8 Å². The molecule has 2 aromatic carbocycles. The lowest BCUT2D eigenvalue weighted by Crippen LogP contribution is -2.30. The van der Waals surface area contributed by atoms with E-state index in [1.165, 1.54) is 11.3 Å². The van der Waals surface area contributed by atoms with Crippen molar-refractivity contribution in [1.29, 1.82) is 0 Å². The minimum atomic E-state index is -4.33. The molecule has 1 aromatic heterocycles. The quantitative estimate of drug-likeness (QED) is 0.481. The van der Waals surface area contributed by atoms with Gasteiger partial charge in [-0.15, -0.1) is 11.3 Å². The predicted molar refractivity (Wildman–Crippen MR) is 97.7 cm³/mol. The monoisotopic (exact) mass is 377 g/mol. The number of carbonyl (C=O) groups is 1. The normalized spacial score (nSPS) is 14.3. The standard InChI is InChI=1S/C20H18F3NOS/c1-19(13-20(21,22)23,12-11-16(25)14-7-3-2-4-8-14)18-24-15-9-5-6-10-17(15)26-18/h2-10H,11-13H2,1H3/t19-/m1/s1. The Kier molecular flexibility index (Phi) is 5.14. The maximum atomic E-state index is 13.2. The van der Waals surface area contributed by atoms with Gasteiger partial charge in [-0.25, -0.2) is 4.98 Å². The van der Waals surface area contributed by atoms with E-state index in [9.17, 15) is 18.0 Å². The van der Waals surface area contributed by atoms with Crippen molar-refractivity contribution in [3.63, 3.8) is 0 Å². The number of rotatable bonds is 6. The Morgan fingerprint density at radius 1 is 1.04 bits per heavy atom. The number of carbonyl (C=O) groups excluding carboxylic acids is 1. The zero-order valence-electron chi connectivity index (χ0n) is 14.2. The number of alkyl halides is 3. The third kappa shape index (κ3) is 4.30. The molecule has 0 amide bonds. The van der Waals surface area contributed by atoms with Crippen molar-refractivity contribution < 1.29 is 18.0 Å². The van der Waals surface area contributed by atoms with Crippen LogP contribution in [0.1, 0.15) is 41.6 Å². The van der Waals surface area contributed by atoms with Crippen LogP contribution in [0.5, 0.6) is 0 Å². The molecule has 1 heterocycles. The van der Waals surface area contributed by atoms with Gasteiger partial charge in [-0.3, -0.25) is 4.79 Å². The van der Waals surface area contributed by atoms with Crippen LogP contribution >= 0.6 is 11.3 Å². The fraction of sp³-hybridized carbons (Fsp3) is 0.300. The average Bonchev–Trinajstić information content (AvgIpc) is 3.04. The van der Waals surface area contributed by atoms with Crippen molar-refractivity contribution >= 4 is 27.3 Å². The highest BCUT2D eigenvalue weighted by atomic mass is 32.1. The SMILES string of the molecule is C[C@@](CCC(=O)c1ccccc1)(CC(F)(F)F)c1nc2ccccc2s1. The Labute approximate surface area is 153 Å². The van der Waals surface area contributed by atoms with Crippen molar-refractivity contribution in [3.8, 4) is 0 Å². The zero-order chi connectivity index (χ0) is 18.8.